The molecule has 0 spiro atoms. The standard InChI is InChI=1S/C25H40N2O4/c1-13(4-7-21(30)31)17-5-6-18-22-16(23-26-27-23)11-14-10-15(28)8-9-24(14,2)19(22)12-20(29)25(17,18)3/h13-20,22-23,28-29H,4-12H2,1-3H3,(H,30,31)/t13-,14?,15-,16?,17-,18+,19+,20+,22+,24+,25-/m1/s1. The Bertz CT molecular complexity index is 752. The third kappa shape index (κ3) is 3.30. The Hall–Kier alpha value is -1.01. The SMILES string of the molecule is C[C@H](CCC(=O)O)[C@H]1CC[C@H]2[C@@H]3C(C4N=N4)CC4C[C@H](O)CC[C@]4(C)[C@H]3C[C@H](O)[C@]12C. The Morgan fingerprint density at radius 3 is 2.48 bits per heavy atom. The molecule has 6 nitrogen and oxygen atoms in total. The van der Waals surface area contributed by atoms with Crippen LogP contribution in [0.2, 0.25) is 0 Å². The predicted molar refractivity (Wildman–Crippen MR) is 116 cm³/mol. The second-order valence-corrected chi connectivity index (χ2v) is 12.2. The molecule has 0 amide bonds. The summed E-state index contributed by atoms with van der Waals surface area (Å²) in [6.07, 6.45) is 7.49. The van der Waals surface area contributed by atoms with Gasteiger partial charge in [0.1, 0.15) is 0 Å². The molecule has 174 valence electrons. The quantitative estimate of drug-likeness (QED) is 0.595. The average molecular weight is 433 g/mol. The lowest BCUT2D eigenvalue weighted by atomic mass is 9.41. The number of carboxylic acids is 1. The highest BCUT2D eigenvalue weighted by Crippen LogP contribution is 2.70. The first-order valence-electron chi connectivity index (χ1n) is 12.6. The Kier molecular flexibility index (Phi) is 5.29. The average Bonchev–Trinajstić information content (AvgIpc) is 3.49. The number of hydrogen-bond donors (Lipinski definition) is 3. The predicted octanol–water partition coefficient (Wildman–Crippen LogP) is 4.50. The molecule has 0 bridgehead atoms. The smallest absolute Gasteiger partial charge is 0.303 e. The summed E-state index contributed by atoms with van der Waals surface area (Å²) in [4.78, 5) is 11.2. The molecule has 0 saturated heterocycles. The molecular formula is C25H40N2O4. The number of aliphatic hydroxyl groups is 2. The van der Waals surface area contributed by atoms with E-state index in [0.29, 0.717) is 47.8 Å². The fourth-order valence-corrected chi connectivity index (χ4v) is 9.31. The van der Waals surface area contributed by atoms with Crippen molar-refractivity contribution >= 4 is 5.97 Å². The van der Waals surface area contributed by atoms with E-state index in [0.717, 1.165) is 44.9 Å². The van der Waals surface area contributed by atoms with Crippen LogP contribution in [0, 0.1) is 52.3 Å². The molecule has 3 N–H and O–H groups in total. The molecule has 5 rings (SSSR count). The molecule has 11 atom stereocenters. The number of aliphatic hydroxyl groups excluding tert-OH is 2. The number of carboxylic acid groups (broad SMARTS) is 1. The first-order chi connectivity index (χ1) is 14.7. The van der Waals surface area contributed by atoms with Crippen LogP contribution in [-0.4, -0.2) is 39.7 Å². The maximum atomic E-state index is 11.7. The van der Waals surface area contributed by atoms with Gasteiger partial charge in [-0.3, -0.25) is 4.79 Å². The van der Waals surface area contributed by atoms with Crippen LogP contribution in [-0.2, 0) is 4.79 Å². The van der Waals surface area contributed by atoms with E-state index in [2.05, 4.69) is 31.0 Å². The fourth-order valence-electron chi connectivity index (χ4n) is 9.31. The molecule has 0 aromatic carbocycles. The van der Waals surface area contributed by atoms with Gasteiger partial charge in [-0.2, -0.15) is 10.2 Å². The Morgan fingerprint density at radius 2 is 1.81 bits per heavy atom. The third-order valence-electron chi connectivity index (χ3n) is 11.0. The van der Waals surface area contributed by atoms with Gasteiger partial charge in [0.05, 0.1) is 12.2 Å². The molecule has 0 radical (unpaired) electrons. The second kappa shape index (κ2) is 7.51. The normalized spacial score (nSPS) is 52.2. The van der Waals surface area contributed by atoms with Gasteiger partial charge in [-0.1, -0.05) is 20.8 Å². The first kappa shape index (κ1) is 21.8. The zero-order chi connectivity index (χ0) is 22.1. The van der Waals surface area contributed by atoms with Gasteiger partial charge in [-0.25, -0.2) is 0 Å². The lowest BCUT2D eigenvalue weighted by Crippen LogP contribution is -2.61. The van der Waals surface area contributed by atoms with Gasteiger partial charge in [0.15, 0.2) is 6.17 Å². The minimum absolute atomic E-state index is 0.124. The molecule has 1 aliphatic heterocycles. The molecule has 4 aliphatic carbocycles. The van der Waals surface area contributed by atoms with Crippen molar-refractivity contribution in [2.45, 2.75) is 96.9 Å². The summed E-state index contributed by atoms with van der Waals surface area (Å²) >= 11 is 0. The molecule has 4 fully saturated rings. The highest BCUT2D eigenvalue weighted by molar-refractivity contribution is 5.66. The van der Waals surface area contributed by atoms with Crippen molar-refractivity contribution in [3.05, 3.63) is 0 Å². The molecule has 5 aliphatic rings. The van der Waals surface area contributed by atoms with Crippen molar-refractivity contribution in [3.63, 3.8) is 0 Å². The van der Waals surface area contributed by atoms with Gasteiger partial charge in [-0.05, 0) is 97.7 Å². The van der Waals surface area contributed by atoms with Crippen molar-refractivity contribution in [3.8, 4) is 0 Å². The van der Waals surface area contributed by atoms with Crippen molar-refractivity contribution in [1.82, 2.24) is 0 Å². The van der Waals surface area contributed by atoms with Crippen LogP contribution in [0.3, 0.4) is 0 Å². The van der Waals surface area contributed by atoms with E-state index >= 15 is 0 Å². The van der Waals surface area contributed by atoms with Gasteiger partial charge < -0.3 is 15.3 Å². The van der Waals surface area contributed by atoms with Gasteiger partial charge in [0, 0.05) is 12.3 Å². The van der Waals surface area contributed by atoms with E-state index in [1.807, 2.05) is 0 Å². The highest BCUT2D eigenvalue weighted by atomic mass is 16.4. The van der Waals surface area contributed by atoms with Crippen LogP contribution in [0.25, 0.3) is 0 Å². The number of hydrogen-bond acceptors (Lipinski definition) is 5. The van der Waals surface area contributed by atoms with Crippen molar-refractivity contribution < 1.29 is 20.1 Å². The summed E-state index contributed by atoms with van der Waals surface area (Å²) in [5, 5.41) is 40.0. The van der Waals surface area contributed by atoms with E-state index in [9.17, 15) is 20.1 Å². The molecular weight excluding hydrogens is 392 g/mol. The summed E-state index contributed by atoms with van der Waals surface area (Å²) in [7, 11) is 0. The topological polar surface area (TPSA) is 102 Å². The van der Waals surface area contributed by atoms with Crippen molar-refractivity contribution in [1.29, 1.82) is 0 Å². The number of fused-ring (bicyclic) bond motifs is 5. The number of aliphatic carboxylic acids is 1. The van der Waals surface area contributed by atoms with Crippen LogP contribution in [0.4, 0.5) is 0 Å². The molecule has 31 heavy (non-hydrogen) atoms. The van der Waals surface area contributed by atoms with Gasteiger partial charge >= 0.3 is 5.97 Å². The number of carbonyl (C=O) groups is 1. The molecule has 0 aromatic rings. The zero-order valence-electron chi connectivity index (χ0n) is 19.3. The monoisotopic (exact) mass is 432 g/mol. The van der Waals surface area contributed by atoms with E-state index in [1.165, 1.54) is 0 Å². The summed E-state index contributed by atoms with van der Waals surface area (Å²) in [5.41, 5.74) is 0.0359. The molecule has 1 heterocycles. The minimum Gasteiger partial charge on any atom is -0.481 e. The maximum absolute atomic E-state index is 11.7. The van der Waals surface area contributed by atoms with Crippen LogP contribution >= 0.6 is 0 Å². The Morgan fingerprint density at radius 1 is 1.06 bits per heavy atom. The second-order valence-electron chi connectivity index (χ2n) is 12.2. The van der Waals surface area contributed by atoms with E-state index in [4.69, 9.17) is 0 Å². The van der Waals surface area contributed by atoms with Gasteiger partial charge in [0.2, 0.25) is 0 Å². The van der Waals surface area contributed by atoms with E-state index in [1.54, 1.807) is 0 Å². The van der Waals surface area contributed by atoms with Crippen LogP contribution in [0.5, 0.6) is 0 Å². The van der Waals surface area contributed by atoms with Gasteiger partial charge in [-0.15, -0.1) is 0 Å². The minimum atomic E-state index is -0.724. The molecule has 4 saturated carbocycles. The molecule has 0 aromatic heterocycles. The first-order valence-corrected chi connectivity index (χ1v) is 12.6. The van der Waals surface area contributed by atoms with E-state index in [-0.39, 0.29) is 35.6 Å². The van der Waals surface area contributed by atoms with Crippen molar-refractivity contribution in [2.75, 3.05) is 0 Å². The van der Waals surface area contributed by atoms with E-state index < -0.39 is 5.97 Å². The molecule has 6 heteroatoms. The summed E-state index contributed by atoms with van der Waals surface area (Å²) in [5.74, 6) is 2.35. The van der Waals surface area contributed by atoms with Gasteiger partial charge in [0.25, 0.3) is 0 Å². The lowest BCUT2D eigenvalue weighted by Gasteiger charge is -2.64. The Balaban J connectivity index is 1.46. The maximum Gasteiger partial charge on any atom is 0.303 e. The number of nitrogens with zero attached hydrogens (tertiary/aromatic N) is 2. The summed E-state index contributed by atoms with van der Waals surface area (Å²) < 4.78 is 0. The summed E-state index contributed by atoms with van der Waals surface area (Å²) in [6.45, 7) is 6.95. The lowest BCUT2D eigenvalue weighted by molar-refractivity contribution is -0.193. The zero-order valence-corrected chi connectivity index (χ0v) is 19.3. The van der Waals surface area contributed by atoms with Crippen LogP contribution in [0.1, 0.15) is 78.6 Å². The van der Waals surface area contributed by atoms with Crippen LogP contribution < -0.4 is 0 Å². The molecule has 2 unspecified atom stereocenters. The van der Waals surface area contributed by atoms with Crippen molar-refractivity contribution in [2.24, 2.45) is 62.5 Å². The number of rotatable bonds is 5. The van der Waals surface area contributed by atoms with Crippen LogP contribution in [0.15, 0.2) is 10.2 Å². The summed E-state index contributed by atoms with van der Waals surface area (Å²) in [6, 6.07) is 0. The highest BCUT2D eigenvalue weighted by Gasteiger charge is 2.67. The third-order valence-corrected chi connectivity index (χ3v) is 11.0. The Labute approximate surface area is 185 Å². The largest absolute Gasteiger partial charge is 0.481 e. The fraction of sp³-hybridized carbons (Fsp3) is 0.960.